The molecule has 3 nitrogen and oxygen atoms in total. The maximum absolute atomic E-state index is 12.0. The van der Waals surface area contributed by atoms with Crippen molar-refractivity contribution in [3.8, 4) is 0 Å². The van der Waals surface area contributed by atoms with Crippen LogP contribution in [0.2, 0.25) is 0 Å². The fourth-order valence-electron chi connectivity index (χ4n) is 1.09. The van der Waals surface area contributed by atoms with E-state index in [0.29, 0.717) is 0 Å². The average molecular weight is 211 g/mol. The Balaban J connectivity index is 2.47. The lowest BCUT2D eigenvalue weighted by Gasteiger charge is -2.16. The Morgan fingerprint density at radius 3 is 2.54 bits per heavy atom. The van der Waals surface area contributed by atoms with Crippen molar-refractivity contribution in [3.05, 3.63) is 11.5 Å². The molecule has 2 atom stereocenters. The molecule has 0 aromatic rings. The van der Waals surface area contributed by atoms with E-state index in [-0.39, 0.29) is 5.75 Å². The molecule has 1 N–H and O–H groups in total. The lowest BCUT2D eigenvalue weighted by Crippen LogP contribution is -2.41. The molecule has 6 heteroatoms. The van der Waals surface area contributed by atoms with Gasteiger partial charge in [0.25, 0.3) is 6.43 Å². The van der Waals surface area contributed by atoms with Crippen LogP contribution in [0, 0.1) is 0 Å². The lowest BCUT2D eigenvalue weighted by molar-refractivity contribution is 0.104. The fraction of sp³-hybridized carbons (Fsp3) is 0.714. The minimum atomic E-state index is -3.15. The van der Waals surface area contributed by atoms with E-state index >= 15 is 0 Å². The van der Waals surface area contributed by atoms with Gasteiger partial charge in [0.1, 0.15) is 0 Å². The predicted molar refractivity (Wildman–Crippen MR) is 45.3 cm³/mol. The van der Waals surface area contributed by atoms with E-state index in [1.54, 1.807) is 0 Å². The first-order valence-electron chi connectivity index (χ1n) is 3.86. The number of hydrogen-bond acceptors (Lipinski definition) is 3. The topological polar surface area (TPSA) is 46.2 Å². The van der Waals surface area contributed by atoms with Gasteiger partial charge < -0.3 is 5.32 Å². The fourth-order valence-corrected chi connectivity index (χ4v) is 2.34. The highest BCUT2D eigenvalue weighted by Gasteiger charge is 2.25. The highest BCUT2D eigenvalue weighted by molar-refractivity contribution is 7.94. The molecule has 0 aromatic carbocycles. The number of sulfone groups is 1. The van der Waals surface area contributed by atoms with Gasteiger partial charge in [-0.25, -0.2) is 17.2 Å². The van der Waals surface area contributed by atoms with Crippen molar-refractivity contribution in [2.45, 2.75) is 25.4 Å². The van der Waals surface area contributed by atoms with Crippen LogP contribution in [0.15, 0.2) is 11.5 Å². The largest absolute Gasteiger partial charge is 0.302 e. The first-order valence-corrected chi connectivity index (χ1v) is 5.57. The summed E-state index contributed by atoms with van der Waals surface area (Å²) in [6.07, 6.45) is -1.08. The Hall–Kier alpha value is -0.490. The molecule has 2 unspecified atom stereocenters. The normalized spacial score (nSPS) is 28.2. The Labute approximate surface area is 75.7 Å². The zero-order chi connectivity index (χ0) is 10.1. The van der Waals surface area contributed by atoms with Crippen LogP contribution in [0.3, 0.4) is 0 Å². The summed E-state index contributed by atoms with van der Waals surface area (Å²) in [6, 6.07) is -1.46. The van der Waals surface area contributed by atoms with Gasteiger partial charge in [0.05, 0.1) is 11.8 Å². The lowest BCUT2D eigenvalue weighted by atomic mass is 10.2. The molecule has 0 aromatic heterocycles. The molecular formula is C7H11F2NO2S. The molecule has 0 radical (unpaired) electrons. The molecule has 13 heavy (non-hydrogen) atoms. The second kappa shape index (κ2) is 3.71. The summed E-state index contributed by atoms with van der Waals surface area (Å²) in [5.41, 5.74) is 0. The van der Waals surface area contributed by atoms with Crippen molar-refractivity contribution in [2.24, 2.45) is 0 Å². The molecule has 0 saturated carbocycles. The average Bonchev–Trinajstić information content (AvgIpc) is 2.30. The molecular weight excluding hydrogens is 200 g/mol. The van der Waals surface area contributed by atoms with Crippen molar-refractivity contribution < 1.29 is 17.2 Å². The van der Waals surface area contributed by atoms with Crippen LogP contribution in [0.1, 0.15) is 6.92 Å². The van der Waals surface area contributed by atoms with E-state index < -0.39 is 28.3 Å². The third-order valence-electron chi connectivity index (χ3n) is 1.79. The molecule has 1 aliphatic rings. The quantitative estimate of drug-likeness (QED) is 0.741. The van der Waals surface area contributed by atoms with Gasteiger partial charge >= 0.3 is 0 Å². The van der Waals surface area contributed by atoms with E-state index in [2.05, 4.69) is 5.32 Å². The summed E-state index contributed by atoms with van der Waals surface area (Å²) in [4.78, 5) is 0. The Bertz CT molecular complexity index is 300. The molecule has 1 rings (SSSR count). The van der Waals surface area contributed by atoms with Crippen molar-refractivity contribution in [1.82, 2.24) is 5.32 Å². The Morgan fingerprint density at radius 1 is 1.54 bits per heavy atom. The van der Waals surface area contributed by atoms with Gasteiger partial charge in [-0.05, 0) is 6.92 Å². The van der Waals surface area contributed by atoms with Gasteiger partial charge in [-0.3, -0.25) is 0 Å². The van der Waals surface area contributed by atoms with E-state index in [4.69, 9.17) is 0 Å². The van der Waals surface area contributed by atoms with Gasteiger partial charge in [-0.2, -0.15) is 0 Å². The summed E-state index contributed by atoms with van der Waals surface area (Å²) >= 11 is 0. The zero-order valence-corrected chi connectivity index (χ0v) is 7.89. The predicted octanol–water partition coefficient (Wildman–Crippen LogP) is 0.540. The Kier molecular flexibility index (Phi) is 3.02. The van der Waals surface area contributed by atoms with Crippen LogP contribution in [0.5, 0.6) is 0 Å². The molecule has 0 amide bonds. The summed E-state index contributed by atoms with van der Waals surface area (Å²) in [7, 11) is -3.15. The van der Waals surface area contributed by atoms with Crippen molar-refractivity contribution in [2.75, 3.05) is 5.75 Å². The molecule has 1 aliphatic heterocycles. The summed E-state index contributed by atoms with van der Waals surface area (Å²) in [5, 5.41) is 3.58. The monoisotopic (exact) mass is 211 g/mol. The molecule has 1 heterocycles. The SMILES string of the molecule is CC(NC1C=CS(=O)(=O)C1)C(F)F. The molecule has 0 fully saturated rings. The summed E-state index contributed by atoms with van der Waals surface area (Å²) in [5.74, 6) is -0.121. The summed E-state index contributed by atoms with van der Waals surface area (Å²) < 4.78 is 45.8. The number of alkyl halides is 2. The van der Waals surface area contributed by atoms with Crippen molar-refractivity contribution in [3.63, 3.8) is 0 Å². The van der Waals surface area contributed by atoms with E-state index in [1.165, 1.54) is 13.0 Å². The van der Waals surface area contributed by atoms with E-state index in [1.807, 2.05) is 0 Å². The number of halogens is 2. The maximum atomic E-state index is 12.0. The third-order valence-corrected chi connectivity index (χ3v) is 3.18. The van der Waals surface area contributed by atoms with Gasteiger partial charge in [-0.15, -0.1) is 0 Å². The number of hydrogen-bond donors (Lipinski definition) is 1. The molecule has 0 spiro atoms. The van der Waals surface area contributed by atoms with Gasteiger partial charge in [0.2, 0.25) is 0 Å². The minimum absolute atomic E-state index is 0.121. The van der Waals surface area contributed by atoms with Gasteiger partial charge in [0, 0.05) is 11.4 Å². The number of nitrogens with one attached hydrogen (secondary N) is 1. The first-order chi connectivity index (χ1) is 5.91. The third kappa shape index (κ3) is 3.04. The van der Waals surface area contributed by atoms with Crippen LogP contribution in [0.25, 0.3) is 0 Å². The second-order valence-corrected chi connectivity index (χ2v) is 4.99. The Morgan fingerprint density at radius 2 is 2.15 bits per heavy atom. The van der Waals surface area contributed by atoms with Crippen molar-refractivity contribution in [1.29, 1.82) is 0 Å². The van der Waals surface area contributed by atoms with Gasteiger partial charge in [0.15, 0.2) is 9.84 Å². The highest BCUT2D eigenvalue weighted by Crippen LogP contribution is 2.10. The van der Waals surface area contributed by atoms with Crippen LogP contribution < -0.4 is 5.32 Å². The van der Waals surface area contributed by atoms with E-state index in [0.717, 1.165) is 5.41 Å². The maximum Gasteiger partial charge on any atom is 0.253 e. The molecule has 0 aliphatic carbocycles. The van der Waals surface area contributed by atoms with Crippen LogP contribution in [0.4, 0.5) is 8.78 Å². The number of rotatable bonds is 3. The molecule has 76 valence electrons. The van der Waals surface area contributed by atoms with Crippen molar-refractivity contribution >= 4 is 9.84 Å². The second-order valence-electron chi connectivity index (χ2n) is 3.05. The zero-order valence-electron chi connectivity index (χ0n) is 7.07. The summed E-state index contributed by atoms with van der Waals surface area (Å²) in [6.45, 7) is 1.32. The van der Waals surface area contributed by atoms with Gasteiger partial charge in [-0.1, -0.05) is 6.08 Å². The van der Waals surface area contributed by atoms with Crippen LogP contribution in [-0.2, 0) is 9.84 Å². The van der Waals surface area contributed by atoms with Crippen LogP contribution >= 0.6 is 0 Å². The van der Waals surface area contributed by atoms with E-state index in [9.17, 15) is 17.2 Å². The van der Waals surface area contributed by atoms with Crippen LogP contribution in [-0.4, -0.2) is 32.7 Å². The minimum Gasteiger partial charge on any atom is -0.302 e. The molecule has 0 bridgehead atoms. The smallest absolute Gasteiger partial charge is 0.253 e. The standard InChI is InChI=1S/C7H11F2NO2S/c1-5(7(8)9)10-6-2-3-13(11,12)4-6/h2-3,5-7,10H,4H2,1H3. The first kappa shape index (κ1) is 10.6. The molecule has 0 saturated heterocycles. The highest BCUT2D eigenvalue weighted by atomic mass is 32.2.